The van der Waals surface area contributed by atoms with Crippen LogP contribution in [0, 0.1) is 17.1 Å². The SMILES string of the molecule is CNC(=O)c1c2cc(C3CC3)c(N(CCCC#N)S(C)(=O)=O)cc2nn1-c1ccc(Oc2ccc(F)cc2)cc1. The topological polar surface area (TPSA) is 117 Å². The zero-order chi connectivity index (χ0) is 28.4. The van der Waals surface area contributed by atoms with Crippen LogP contribution in [0.3, 0.4) is 0 Å². The molecule has 1 N–H and O–H groups in total. The summed E-state index contributed by atoms with van der Waals surface area (Å²) in [5.41, 5.74) is 2.78. The molecule has 4 aromatic rings. The predicted molar refractivity (Wildman–Crippen MR) is 150 cm³/mol. The lowest BCUT2D eigenvalue weighted by Crippen LogP contribution is -2.31. The minimum Gasteiger partial charge on any atom is -0.457 e. The summed E-state index contributed by atoms with van der Waals surface area (Å²) in [6.45, 7) is 0.177. The van der Waals surface area contributed by atoms with E-state index in [1.807, 2.05) is 6.07 Å². The molecule has 1 fully saturated rings. The number of carbonyl (C=O) groups excluding carboxylic acids is 1. The Kier molecular flexibility index (Phi) is 7.45. The zero-order valence-electron chi connectivity index (χ0n) is 22.1. The van der Waals surface area contributed by atoms with Crippen LogP contribution in [0.5, 0.6) is 11.5 Å². The molecule has 0 saturated heterocycles. The minimum absolute atomic E-state index is 0.177. The van der Waals surface area contributed by atoms with Crippen molar-refractivity contribution in [2.75, 3.05) is 24.2 Å². The third kappa shape index (κ3) is 5.62. The molecule has 0 aliphatic heterocycles. The average molecular weight is 562 g/mol. The molecule has 0 bridgehead atoms. The van der Waals surface area contributed by atoms with Crippen molar-refractivity contribution in [1.82, 2.24) is 15.1 Å². The summed E-state index contributed by atoms with van der Waals surface area (Å²) < 4.78 is 47.5. The molecule has 0 spiro atoms. The van der Waals surface area contributed by atoms with E-state index in [-0.39, 0.29) is 30.6 Å². The standard InChI is InChI=1S/C29H28FN5O4S/c1-32-29(36)28-25-17-24(19-5-6-19)27(34(40(2,37)38)16-4-3-15-31)18-26(25)33-35(28)21-9-13-23(14-10-21)39-22-11-7-20(30)8-12-22/h7-14,17-19H,3-6,16H2,1-2H3,(H,32,36). The molecule has 1 saturated carbocycles. The summed E-state index contributed by atoms with van der Waals surface area (Å²) in [6, 6.07) is 18.3. The lowest BCUT2D eigenvalue weighted by Gasteiger charge is -2.25. The number of carbonyl (C=O) groups is 1. The number of nitrogens with zero attached hydrogens (tertiary/aromatic N) is 4. The summed E-state index contributed by atoms with van der Waals surface area (Å²) in [7, 11) is -2.09. The van der Waals surface area contributed by atoms with E-state index >= 15 is 0 Å². The van der Waals surface area contributed by atoms with Crippen LogP contribution in [0.4, 0.5) is 10.1 Å². The average Bonchev–Trinajstić information content (AvgIpc) is 3.71. The summed E-state index contributed by atoms with van der Waals surface area (Å²) >= 11 is 0. The lowest BCUT2D eigenvalue weighted by molar-refractivity contribution is 0.0957. The van der Waals surface area contributed by atoms with E-state index in [2.05, 4.69) is 11.4 Å². The van der Waals surface area contributed by atoms with Gasteiger partial charge in [0.15, 0.2) is 0 Å². The van der Waals surface area contributed by atoms with Crippen LogP contribution >= 0.6 is 0 Å². The number of unbranched alkanes of at least 4 members (excludes halogenated alkanes) is 1. The highest BCUT2D eigenvalue weighted by Crippen LogP contribution is 2.46. The number of hydrogen-bond acceptors (Lipinski definition) is 6. The lowest BCUT2D eigenvalue weighted by atomic mass is 10.0. The highest BCUT2D eigenvalue weighted by molar-refractivity contribution is 7.92. The number of anilines is 1. The van der Waals surface area contributed by atoms with Gasteiger partial charge in [0.2, 0.25) is 10.0 Å². The van der Waals surface area contributed by atoms with Crippen LogP contribution in [0.2, 0.25) is 0 Å². The van der Waals surface area contributed by atoms with Gasteiger partial charge in [0.05, 0.1) is 29.2 Å². The van der Waals surface area contributed by atoms with Crippen molar-refractivity contribution in [1.29, 1.82) is 5.26 Å². The molecule has 5 rings (SSSR count). The molecule has 0 unspecified atom stereocenters. The van der Waals surface area contributed by atoms with Gasteiger partial charge in [0, 0.05) is 25.4 Å². The van der Waals surface area contributed by atoms with Crippen LogP contribution in [-0.2, 0) is 10.0 Å². The van der Waals surface area contributed by atoms with E-state index in [0.717, 1.165) is 24.7 Å². The van der Waals surface area contributed by atoms with Gasteiger partial charge in [0.25, 0.3) is 5.91 Å². The Morgan fingerprint density at radius 3 is 2.38 bits per heavy atom. The van der Waals surface area contributed by atoms with Gasteiger partial charge in [-0.1, -0.05) is 0 Å². The fraction of sp³-hybridized carbons (Fsp3) is 0.276. The van der Waals surface area contributed by atoms with Gasteiger partial charge in [0.1, 0.15) is 23.0 Å². The zero-order valence-corrected chi connectivity index (χ0v) is 22.9. The van der Waals surface area contributed by atoms with E-state index in [4.69, 9.17) is 15.1 Å². The maximum atomic E-state index is 13.2. The Labute approximate surface area is 231 Å². The number of benzene rings is 3. The van der Waals surface area contributed by atoms with Crippen molar-refractivity contribution in [2.24, 2.45) is 0 Å². The van der Waals surface area contributed by atoms with E-state index in [9.17, 15) is 17.6 Å². The largest absolute Gasteiger partial charge is 0.457 e. The van der Waals surface area contributed by atoms with Crippen molar-refractivity contribution in [3.63, 3.8) is 0 Å². The fourth-order valence-electron chi connectivity index (χ4n) is 4.66. The quantitative estimate of drug-likeness (QED) is 0.264. The molecule has 1 aliphatic carbocycles. The van der Waals surface area contributed by atoms with Crippen molar-refractivity contribution in [3.05, 3.63) is 77.7 Å². The summed E-state index contributed by atoms with van der Waals surface area (Å²) in [5, 5.41) is 17.0. The highest BCUT2D eigenvalue weighted by Gasteiger charge is 2.32. The van der Waals surface area contributed by atoms with Crippen LogP contribution in [0.1, 0.15) is 47.7 Å². The van der Waals surface area contributed by atoms with Crippen molar-refractivity contribution >= 4 is 32.5 Å². The van der Waals surface area contributed by atoms with Gasteiger partial charge in [-0.2, -0.15) is 10.4 Å². The second kappa shape index (κ2) is 11.0. The molecule has 1 aromatic heterocycles. The molecular formula is C29H28FN5O4S. The summed E-state index contributed by atoms with van der Waals surface area (Å²) in [4.78, 5) is 13.1. The Bertz CT molecular complexity index is 1710. The smallest absolute Gasteiger partial charge is 0.270 e. The maximum Gasteiger partial charge on any atom is 0.270 e. The molecule has 40 heavy (non-hydrogen) atoms. The number of halogens is 1. The van der Waals surface area contributed by atoms with E-state index < -0.39 is 10.0 Å². The van der Waals surface area contributed by atoms with E-state index in [1.54, 1.807) is 37.4 Å². The first-order chi connectivity index (χ1) is 19.2. The highest BCUT2D eigenvalue weighted by atomic mass is 32.2. The summed E-state index contributed by atoms with van der Waals surface area (Å²) in [6.07, 6.45) is 3.64. The molecular weight excluding hydrogens is 533 g/mol. The van der Waals surface area contributed by atoms with Crippen LogP contribution < -0.4 is 14.4 Å². The first kappa shape index (κ1) is 27.1. The van der Waals surface area contributed by atoms with Gasteiger partial charge in [-0.25, -0.2) is 17.5 Å². The Morgan fingerprint density at radius 2 is 1.80 bits per heavy atom. The number of nitriles is 1. The normalized spacial score (nSPS) is 13.2. The number of amides is 1. The second-order valence-corrected chi connectivity index (χ2v) is 11.6. The molecule has 3 aromatic carbocycles. The van der Waals surface area contributed by atoms with Gasteiger partial charge >= 0.3 is 0 Å². The number of hydrogen-bond donors (Lipinski definition) is 1. The fourth-order valence-corrected chi connectivity index (χ4v) is 5.64. The van der Waals surface area contributed by atoms with Gasteiger partial charge < -0.3 is 10.1 Å². The molecule has 1 amide bonds. The molecule has 1 heterocycles. The third-order valence-corrected chi connectivity index (χ3v) is 7.91. The number of rotatable bonds is 10. The maximum absolute atomic E-state index is 13.2. The summed E-state index contributed by atoms with van der Waals surface area (Å²) in [5.74, 6) is 0.495. The third-order valence-electron chi connectivity index (χ3n) is 6.73. The molecule has 9 nitrogen and oxygen atoms in total. The van der Waals surface area contributed by atoms with Crippen molar-refractivity contribution in [2.45, 2.75) is 31.6 Å². The van der Waals surface area contributed by atoms with Gasteiger partial charge in [-0.15, -0.1) is 0 Å². The van der Waals surface area contributed by atoms with E-state index in [1.165, 1.54) is 33.3 Å². The van der Waals surface area contributed by atoms with Gasteiger partial charge in [-0.05, 0) is 91.4 Å². The molecule has 0 radical (unpaired) electrons. The number of nitrogens with one attached hydrogen (secondary N) is 1. The van der Waals surface area contributed by atoms with Crippen LogP contribution in [-0.4, -0.2) is 44.0 Å². The monoisotopic (exact) mass is 561 g/mol. The first-order valence-corrected chi connectivity index (χ1v) is 14.7. The van der Waals surface area contributed by atoms with Crippen molar-refractivity contribution in [3.8, 4) is 23.3 Å². The molecule has 0 atom stereocenters. The van der Waals surface area contributed by atoms with Crippen LogP contribution in [0.25, 0.3) is 16.6 Å². The second-order valence-electron chi connectivity index (χ2n) is 9.69. The Balaban J connectivity index is 1.59. The predicted octanol–water partition coefficient (Wildman–Crippen LogP) is 5.26. The number of fused-ring (bicyclic) bond motifs is 1. The molecule has 1 aliphatic rings. The van der Waals surface area contributed by atoms with E-state index in [0.29, 0.717) is 45.9 Å². The Morgan fingerprint density at radius 1 is 1.15 bits per heavy atom. The van der Waals surface area contributed by atoms with Gasteiger partial charge in [-0.3, -0.25) is 9.10 Å². The van der Waals surface area contributed by atoms with Crippen LogP contribution in [0.15, 0.2) is 60.7 Å². The minimum atomic E-state index is -3.63. The Hall–Kier alpha value is -4.43. The molecule has 206 valence electrons. The molecule has 11 heteroatoms. The van der Waals surface area contributed by atoms with Crippen molar-refractivity contribution < 1.29 is 22.3 Å². The number of ether oxygens (including phenoxy) is 1. The first-order valence-electron chi connectivity index (χ1n) is 12.9. The number of sulfonamides is 1. The number of aromatic nitrogens is 2.